The van der Waals surface area contributed by atoms with Gasteiger partial charge in [-0.15, -0.1) is 11.3 Å². The van der Waals surface area contributed by atoms with E-state index < -0.39 is 15.8 Å². The van der Waals surface area contributed by atoms with E-state index in [1.807, 2.05) is 4.90 Å². The van der Waals surface area contributed by atoms with Crippen molar-refractivity contribution in [3.05, 3.63) is 45.5 Å². The van der Waals surface area contributed by atoms with Crippen LogP contribution in [-0.4, -0.2) is 25.8 Å². The Hall–Kier alpha value is -1.64. The van der Waals surface area contributed by atoms with Gasteiger partial charge < -0.3 is 4.90 Å². The highest BCUT2D eigenvalue weighted by Gasteiger charge is 2.32. The van der Waals surface area contributed by atoms with E-state index in [1.54, 1.807) is 6.07 Å². The summed E-state index contributed by atoms with van der Waals surface area (Å²) in [5, 5.41) is -0.147. The molecule has 0 radical (unpaired) electrons. The number of carbonyl (C=O) groups excluding carboxylic acids is 1. The predicted octanol–water partition coefficient (Wildman–Crippen LogP) is 4.03. The summed E-state index contributed by atoms with van der Waals surface area (Å²) in [6, 6.07) is 5.31. The molecule has 1 aliphatic heterocycles. The number of benzene rings is 1. The number of rotatable bonds is 4. The summed E-state index contributed by atoms with van der Waals surface area (Å²) in [5.74, 6) is -0.290. The van der Waals surface area contributed by atoms with Crippen LogP contribution in [-0.2, 0) is 27.8 Å². The van der Waals surface area contributed by atoms with Crippen molar-refractivity contribution < 1.29 is 17.6 Å². The van der Waals surface area contributed by atoms with Crippen molar-refractivity contribution in [3.63, 3.8) is 0 Å². The van der Waals surface area contributed by atoms with Crippen LogP contribution in [0.1, 0.15) is 29.7 Å². The Morgan fingerprint density at radius 3 is 2.74 bits per heavy atom. The maximum absolute atomic E-state index is 13.3. The smallest absolute Gasteiger partial charge is 0.271 e. The van der Waals surface area contributed by atoms with E-state index in [-0.39, 0.29) is 26.7 Å². The Balaban J connectivity index is 1.52. The molecule has 2 heterocycles. The van der Waals surface area contributed by atoms with Crippen LogP contribution in [0.25, 0.3) is 0 Å². The molecule has 9 heteroatoms. The van der Waals surface area contributed by atoms with E-state index in [0.717, 1.165) is 35.8 Å². The summed E-state index contributed by atoms with van der Waals surface area (Å²) in [6.45, 7) is 1.09. The Morgan fingerprint density at radius 2 is 2.07 bits per heavy atom. The lowest BCUT2D eigenvalue weighted by atomic mass is 9.84. The largest absolute Gasteiger partial charge is 0.338 e. The highest BCUT2D eigenvalue weighted by molar-refractivity contribution is 7.94. The zero-order valence-corrected chi connectivity index (χ0v) is 16.8. The lowest BCUT2D eigenvalue weighted by Gasteiger charge is -2.33. The van der Waals surface area contributed by atoms with Crippen molar-refractivity contribution in [1.29, 1.82) is 0 Å². The molecule has 1 N–H and O–H groups in total. The third kappa shape index (κ3) is 3.70. The van der Waals surface area contributed by atoms with Gasteiger partial charge in [-0.1, -0.05) is 18.0 Å². The number of nitrogens with one attached hydrogen (secondary N) is 1. The molecule has 0 saturated heterocycles. The molecule has 0 spiro atoms. The molecule has 4 rings (SSSR count). The van der Waals surface area contributed by atoms with Gasteiger partial charge in [-0.05, 0) is 49.1 Å². The summed E-state index contributed by atoms with van der Waals surface area (Å²) in [4.78, 5) is 15.3. The van der Waals surface area contributed by atoms with Crippen LogP contribution in [0.3, 0.4) is 0 Å². The average molecular weight is 429 g/mol. The minimum Gasteiger partial charge on any atom is -0.338 e. The van der Waals surface area contributed by atoms with Gasteiger partial charge in [-0.25, -0.2) is 12.8 Å². The van der Waals surface area contributed by atoms with Crippen LogP contribution in [0, 0.1) is 11.7 Å². The first-order valence-corrected chi connectivity index (χ1v) is 11.4. The Kier molecular flexibility index (Phi) is 4.90. The van der Waals surface area contributed by atoms with E-state index in [2.05, 4.69) is 4.72 Å². The molecule has 1 fully saturated rings. The number of thiophene rings is 1. The van der Waals surface area contributed by atoms with Crippen molar-refractivity contribution >= 4 is 44.6 Å². The fourth-order valence-corrected chi connectivity index (χ4v) is 6.08. The average Bonchev–Trinajstić information content (AvgIpc) is 3.00. The van der Waals surface area contributed by atoms with Gasteiger partial charge in [0.1, 0.15) is 10.0 Å². The number of anilines is 1. The van der Waals surface area contributed by atoms with Crippen molar-refractivity contribution in [2.24, 2.45) is 5.92 Å². The number of hydrogen-bond acceptors (Lipinski definition) is 4. The monoisotopic (exact) mass is 428 g/mol. The lowest BCUT2D eigenvalue weighted by molar-refractivity contribution is -0.139. The van der Waals surface area contributed by atoms with Gasteiger partial charge in [0.15, 0.2) is 0 Å². The molecule has 144 valence electrons. The van der Waals surface area contributed by atoms with Gasteiger partial charge in [0.05, 0.1) is 10.7 Å². The minimum absolute atomic E-state index is 0.137. The predicted molar refractivity (Wildman–Crippen MR) is 103 cm³/mol. The van der Waals surface area contributed by atoms with Crippen molar-refractivity contribution in [2.45, 2.75) is 36.4 Å². The van der Waals surface area contributed by atoms with Gasteiger partial charge in [-0.2, -0.15) is 0 Å². The maximum Gasteiger partial charge on any atom is 0.271 e. The molecule has 2 aliphatic rings. The first-order valence-electron chi connectivity index (χ1n) is 8.72. The Bertz CT molecular complexity index is 1000. The Labute approximate surface area is 166 Å². The summed E-state index contributed by atoms with van der Waals surface area (Å²) in [6.07, 6.45) is 3.68. The van der Waals surface area contributed by atoms with Crippen LogP contribution in [0.15, 0.2) is 28.5 Å². The van der Waals surface area contributed by atoms with Crippen molar-refractivity contribution in [2.75, 3.05) is 11.3 Å². The summed E-state index contributed by atoms with van der Waals surface area (Å²) in [5.41, 5.74) is 1.09. The van der Waals surface area contributed by atoms with Crippen molar-refractivity contribution in [1.82, 2.24) is 4.90 Å². The van der Waals surface area contributed by atoms with Crippen LogP contribution in [0.2, 0.25) is 5.02 Å². The van der Waals surface area contributed by atoms with Crippen LogP contribution >= 0.6 is 22.9 Å². The molecule has 27 heavy (non-hydrogen) atoms. The highest BCUT2D eigenvalue weighted by Crippen LogP contribution is 2.35. The molecule has 5 nitrogen and oxygen atoms in total. The molecule has 0 unspecified atom stereocenters. The number of nitrogens with zero attached hydrogens (tertiary/aromatic N) is 1. The lowest BCUT2D eigenvalue weighted by Crippen LogP contribution is -2.41. The third-order valence-electron chi connectivity index (χ3n) is 5.05. The van der Waals surface area contributed by atoms with Gasteiger partial charge in [-0.3, -0.25) is 9.52 Å². The second-order valence-electron chi connectivity index (χ2n) is 6.89. The fourth-order valence-electron chi connectivity index (χ4n) is 3.30. The van der Waals surface area contributed by atoms with Crippen LogP contribution < -0.4 is 4.72 Å². The summed E-state index contributed by atoms with van der Waals surface area (Å²) < 4.78 is 41.2. The molecular formula is C18H18ClFN2O3S2. The highest BCUT2D eigenvalue weighted by atomic mass is 35.5. The van der Waals surface area contributed by atoms with E-state index in [0.29, 0.717) is 19.5 Å². The van der Waals surface area contributed by atoms with Crippen LogP contribution in [0.4, 0.5) is 10.1 Å². The number of fused-ring (bicyclic) bond motifs is 1. The van der Waals surface area contributed by atoms with E-state index in [4.69, 9.17) is 11.6 Å². The molecule has 1 saturated carbocycles. The van der Waals surface area contributed by atoms with E-state index in [9.17, 15) is 17.6 Å². The van der Waals surface area contributed by atoms with E-state index >= 15 is 0 Å². The quantitative estimate of drug-likeness (QED) is 0.799. The zero-order valence-electron chi connectivity index (χ0n) is 14.4. The molecule has 1 aromatic carbocycles. The molecular weight excluding hydrogens is 411 g/mol. The summed E-state index contributed by atoms with van der Waals surface area (Å²) in [7, 11) is -3.80. The van der Waals surface area contributed by atoms with Gasteiger partial charge in [0.25, 0.3) is 10.0 Å². The Morgan fingerprint density at radius 1 is 1.30 bits per heavy atom. The SMILES string of the molecule is O=C(C1CCC1)N1CCc2sc(S(=O)(=O)Nc3ccc(F)c(Cl)c3)cc2C1. The van der Waals surface area contributed by atoms with Crippen molar-refractivity contribution in [3.8, 4) is 0 Å². The van der Waals surface area contributed by atoms with E-state index in [1.165, 1.54) is 23.5 Å². The molecule has 1 aliphatic carbocycles. The van der Waals surface area contributed by atoms with Gasteiger partial charge in [0, 0.05) is 23.9 Å². The van der Waals surface area contributed by atoms with Gasteiger partial charge >= 0.3 is 0 Å². The topological polar surface area (TPSA) is 66.5 Å². The number of amides is 1. The first kappa shape index (κ1) is 18.7. The maximum atomic E-state index is 13.3. The molecule has 0 atom stereocenters. The fraction of sp³-hybridized carbons (Fsp3) is 0.389. The second-order valence-corrected chi connectivity index (χ2v) is 10.3. The standard InChI is InChI=1S/C18H18ClFN2O3S2/c19-14-9-13(4-5-15(14)20)21-27(24,25)17-8-12-10-22(7-6-16(12)26-17)18(23)11-2-1-3-11/h4-5,8-9,11,21H,1-3,6-7,10H2. The number of sulfonamides is 1. The van der Waals surface area contributed by atoms with Crippen LogP contribution in [0.5, 0.6) is 0 Å². The third-order valence-corrected chi connectivity index (χ3v) is 8.43. The number of halogens is 2. The number of carbonyl (C=O) groups is 1. The molecule has 1 aromatic heterocycles. The second kappa shape index (κ2) is 7.07. The first-order chi connectivity index (χ1) is 12.8. The molecule has 0 bridgehead atoms. The normalized spacial score (nSPS) is 17.3. The minimum atomic E-state index is -3.80. The molecule has 2 aromatic rings. The summed E-state index contributed by atoms with van der Waals surface area (Å²) >= 11 is 6.93. The zero-order chi connectivity index (χ0) is 19.2. The molecule has 1 amide bonds. The van der Waals surface area contributed by atoms with Gasteiger partial charge in [0.2, 0.25) is 5.91 Å². The number of hydrogen-bond donors (Lipinski definition) is 1.